The van der Waals surface area contributed by atoms with Crippen LogP contribution in [0, 0.1) is 25.2 Å². The van der Waals surface area contributed by atoms with Gasteiger partial charge in [-0.05, 0) is 61.5 Å². The molecule has 0 spiro atoms. The number of halogens is 3. The van der Waals surface area contributed by atoms with E-state index in [0.29, 0.717) is 27.8 Å². The van der Waals surface area contributed by atoms with Crippen molar-refractivity contribution in [2.75, 3.05) is 0 Å². The molecule has 2 aliphatic heterocycles. The molecule has 0 bridgehead atoms. The van der Waals surface area contributed by atoms with Crippen molar-refractivity contribution >= 4 is 39.8 Å². The summed E-state index contributed by atoms with van der Waals surface area (Å²) in [6, 6.07) is 6.84. The van der Waals surface area contributed by atoms with E-state index in [-0.39, 0.29) is 17.3 Å². The first-order valence-corrected chi connectivity index (χ1v) is 10.7. The average molecular weight is 459 g/mol. The lowest BCUT2D eigenvalue weighted by Crippen LogP contribution is -2.35. The number of thioether (sulfide) groups is 1. The molecule has 2 aromatic rings. The molecule has 6 nitrogen and oxygen atoms in total. The van der Waals surface area contributed by atoms with Gasteiger partial charge in [-0.3, -0.25) is 10.2 Å². The van der Waals surface area contributed by atoms with E-state index in [9.17, 15) is 18.0 Å². The number of benzene rings is 1. The lowest BCUT2D eigenvalue weighted by atomic mass is 10.1. The molecule has 0 saturated heterocycles. The van der Waals surface area contributed by atoms with Crippen LogP contribution in [0.4, 0.5) is 13.2 Å². The van der Waals surface area contributed by atoms with Gasteiger partial charge in [0.05, 0.1) is 11.1 Å². The van der Waals surface area contributed by atoms with Crippen molar-refractivity contribution in [1.29, 1.82) is 5.41 Å². The maximum Gasteiger partial charge on any atom is 0.416 e. The Hall–Kier alpha value is -3.14. The molecule has 0 aliphatic carbocycles. The fourth-order valence-electron chi connectivity index (χ4n) is 3.55. The summed E-state index contributed by atoms with van der Waals surface area (Å²) in [5.41, 5.74) is 1.67. The van der Waals surface area contributed by atoms with Crippen molar-refractivity contribution < 1.29 is 18.0 Å². The molecule has 0 unspecified atom stereocenters. The molecule has 10 heteroatoms. The second-order valence-corrected chi connectivity index (χ2v) is 8.81. The van der Waals surface area contributed by atoms with Crippen LogP contribution < -0.4 is 0 Å². The summed E-state index contributed by atoms with van der Waals surface area (Å²) in [7, 11) is 0. The summed E-state index contributed by atoms with van der Waals surface area (Å²) < 4.78 is 41.2. The zero-order valence-electron chi connectivity index (χ0n) is 17.8. The fourth-order valence-corrected chi connectivity index (χ4v) is 4.44. The number of fused-ring (bicyclic) bond motifs is 1. The van der Waals surface area contributed by atoms with Gasteiger partial charge in [-0.25, -0.2) is 0 Å². The van der Waals surface area contributed by atoms with E-state index in [0.717, 1.165) is 17.2 Å². The second kappa shape index (κ2) is 7.77. The van der Waals surface area contributed by atoms with E-state index >= 15 is 0 Å². The minimum Gasteiger partial charge on any atom is -0.318 e. The van der Waals surface area contributed by atoms with E-state index in [2.05, 4.69) is 10.1 Å². The van der Waals surface area contributed by atoms with Gasteiger partial charge in [0.25, 0.3) is 5.91 Å². The average Bonchev–Trinajstić information content (AvgIpc) is 3.25. The van der Waals surface area contributed by atoms with E-state index in [1.165, 1.54) is 22.8 Å². The molecular weight excluding hydrogens is 439 g/mol. The number of carbonyl (C=O) groups excluding carboxylic acids is 1. The van der Waals surface area contributed by atoms with Crippen molar-refractivity contribution in [2.45, 2.75) is 33.9 Å². The van der Waals surface area contributed by atoms with Crippen LogP contribution in [-0.2, 0) is 11.0 Å². The molecule has 2 aliphatic rings. The van der Waals surface area contributed by atoms with Gasteiger partial charge in [0.15, 0.2) is 5.84 Å². The van der Waals surface area contributed by atoms with E-state index < -0.39 is 17.6 Å². The number of amides is 1. The monoisotopic (exact) mass is 459 g/mol. The lowest BCUT2D eigenvalue weighted by Gasteiger charge is -2.20. The molecule has 1 aromatic heterocycles. The first kappa shape index (κ1) is 22.1. The number of nitrogens with one attached hydrogen (secondary N) is 1. The van der Waals surface area contributed by atoms with Crippen molar-refractivity contribution in [1.82, 2.24) is 9.58 Å². The molecule has 0 fully saturated rings. The Bertz CT molecular complexity index is 1240. The van der Waals surface area contributed by atoms with Gasteiger partial charge in [0.2, 0.25) is 5.17 Å². The zero-order valence-corrected chi connectivity index (χ0v) is 18.6. The van der Waals surface area contributed by atoms with Gasteiger partial charge in [-0.1, -0.05) is 19.9 Å². The van der Waals surface area contributed by atoms with Crippen LogP contribution >= 0.6 is 11.8 Å². The van der Waals surface area contributed by atoms with Crippen LogP contribution in [0.5, 0.6) is 0 Å². The van der Waals surface area contributed by atoms with Gasteiger partial charge in [0.1, 0.15) is 5.04 Å². The SMILES string of the molecule is Cc1cc(/C=C2/C(=N)N3N=C(C(C)C)SC3=NC2=O)c(C)n1-c1cccc(C(F)(F)F)c1. The minimum atomic E-state index is -4.45. The minimum absolute atomic E-state index is 0.0763. The standard InChI is InChI=1S/C22H20F3N5OS/c1-11(2)20-28-30-18(26)17(19(31)27-21(30)32-20)9-14-8-12(3)29(13(14)4)16-7-5-6-15(10-16)22(23,24)25/h5-11,26H,1-4H3/b17-9-,26-18?. The number of hydrogen-bond acceptors (Lipinski definition) is 4. The van der Waals surface area contributed by atoms with Crippen LogP contribution in [0.2, 0.25) is 0 Å². The highest BCUT2D eigenvalue weighted by Gasteiger charge is 2.36. The third-order valence-electron chi connectivity index (χ3n) is 5.17. The smallest absolute Gasteiger partial charge is 0.318 e. The van der Waals surface area contributed by atoms with Gasteiger partial charge in [-0.2, -0.15) is 28.3 Å². The molecular formula is C22H20F3N5OS. The number of hydrogen-bond donors (Lipinski definition) is 1. The summed E-state index contributed by atoms with van der Waals surface area (Å²) in [6.07, 6.45) is -2.90. The Balaban J connectivity index is 1.74. The van der Waals surface area contributed by atoms with E-state index in [4.69, 9.17) is 5.41 Å². The summed E-state index contributed by atoms with van der Waals surface area (Å²) in [5, 5.41) is 15.3. The van der Waals surface area contributed by atoms with Crippen molar-refractivity contribution in [3.05, 3.63) is 58.4 Å². The Kier molecular flexibility index (Phi) is 5.36. The number of hydrazone groups is 1. The molecule has 0 saturated carbocycles. The highest BCUT2D eigenvalue weighted by atomic mass is 32.2. The van der Waals surface area contributed by atoms with Crippen LogP contribution in [-0.4, -0.2) is 31.5 Å². The fraction of sp³-hybridized carbons (Fsp3) is 0.273. The number of nitrogens with zero attached hydrogens (tertiary/aromatic N) is 4. The number of amidine groups is 2. The number of aryl methyl sites for hydroxylation is 1. The predicted octanol–water partition coefficient (Wildman–Crippen LogP) is 5.39. The van der Waals surface area contributed by atoms with Crippen LogP contribution in [0.3, 0.4) is 0 Å². The molecule has 166 valence electrons. The van der Waals surface area contributed by atoms with Crippen molar-refractivity contribution in [3.8, 4) is 5.69 Å². The summed E-state index contributed by atoms with van der Waals surface area (Å²) >= 11 is 1.27. The number of alkyl halides is 3. The summed E-state index contributed by atoms with van der Waals surface area (Å²) in [4.78, 5) is 16.7. The highest BCUT2D eigenvalue weighted by molar-refractivity contribution is 8.27. The molecule has 1 N–H and O–H groups in total. The molecule has 1 amide bonds. The van der Waals surface area contributed by atoms with Crippen LogP contribution in [0.25, 0.3) is 11.8 Å². The third-order valence-corrected chi connectivity index (χ3v) is 6.37. The number of rotatable bonds is 3. The number of aromatic nitrogens is 1. The largest absolute Gasteiger partial charge is 0.416 e. The molecule has 32 heavy (non-hydrogen) atoms. The molecule has 4 rings (SSSR count). The molecule has 0 atom stereocenters. The molecule has 0 radical (unpaired) electrons. The van der Waals surface area contributed by atoms with Crippen molar-refractivity contribution in [2.24, 2.45) is 16.0 Å². The third kappa shape index (κ3) is 3.79. The van der Waals surface area contributed by atoms with Gasteiger partial charge >= 0.3 is 6.18 Å². The molecule has 3 heterocycles. The first-order valence-electron chi connectivity index (χ1n) is 9.84. The topological polar surface area (TPSA) is 73.8 Å². The van der Waals surface area contributed by atoms with Gasteiger partial charge < -0.3 is 4.57 Å². The zero-order chi connectivity index (χ0) is 23.4. The second-order valence-electron chi connectivity index (χ2n) is 7.82. The maximum atomic E-state index is 13.2. The van der Waals surface area contributed by atoms with E-state index in [1.54, 1.807) is 36.6 Å². The Morgan fingerprint density at radius 3 is 2.56 bits per heavy atom. The maximum absolute atomic E-state index is 13.2. The summed E-state index contributed by atoms with van der Waals surface area (Å²) in [5.74, 6) is -0.486. The van der Waals surface area contributed by atoms with Crippen molar-refractivity contribution in [3.63, 3.8) is 0 Å². The van der Waals surface area contributed by atoms with Crippen LogP contribution in [0.15, 0.2) is 46.0 Å². The first-order chi connectivity index (χ1) is 15.0. The lowest BCUT2D eigenvalue weighted by molar-refractivity contribution is -0.137. The number of aliphatic imine (C=N–C) groups is 1. The quantitative estimate of drug-likeness (QED) is 0.626. The Labute approximate surface area is 187 Å². The number of carbonyl (C=O) groups is 1. The normalized spacial score (nSPS) is 17.9. The Morgan fingerprint density at radius 1 is 1.19 bits per heavy atom. The molecule has 1 aromatic carbocycles. The van der Waals surface area contributed by atoms with Gasteiger partial charge in [0, 0.05) is 23.0 Å². The Morgan fingerprint density at radius 2 is 1.91 bits per heavy atom. The van der Waals surface area contributed by atoms with Crippen LogP contribution in [0.1, 0.15) is 36.4 Å². The predicted molar refractivity (Wildman–Crippen MR) is 120 cm³/mol. The summed E-state index contributed by atoms with van der Waals surface area (Å²) in [6.45, 7) is 7.47. The highest BCUT2D eigenvalue weighted by Crippen LogP contribution is 2.33. The van der Waals surface area contributed by atoms with Gasteiger partial charge in [-0.15, -0.1) is 0 Å². The van der Waals surface area contributed by atoms with E-state index in [1.807, 2.05) is 13.8 Å².